The van der Waals surface area contributed by atoms with Gasteiger partial charge in [-0.05, 0) is 42.2 Å². The predicted octanol–water partition coefficient (Wildman–Crippen LogP) is 4.61. The Kier molecular flexibility index (Phi) is 5.63. The molecule has 2 aromatic carbocycles. The number of nitrogens with one attached hydrogen (secondary N) is 1. The first kappa shape index (κ1) is 18.1. The number of hydrogen-bond donors (Lipinski definition) is 1. The number of para-hydroxylation sites is 1. The Balaban J connectivity index is 1.61. The van der Waals surface area contributed by atoms with Crippen molar-refractivity contribution in [1.29, 1.82) is 0 Å². The van der Waals surface area contributed by atoms with Crippen LogP contribution in [0.5, 0.6) is 0 Å². The van der Waals surface area contributed by atoms with E-state index in [1.807, 2.05) is 24.3 Å². The van der Waals surface area contributed by atoms with Crippen molar-refractivity contribution in [2.24, 2.45) is 0 Å². The molecule has 1 N–H and O–H groups in total. The van der Waals surface area contributed by atoms with E-state index in [2.05, 4.69) is 24.1 Å². The summed E-state index contributed by atoms with van der Waals surface area (Å²) in [6, 6.07) is 12.8. The Bertz CT molecular complexity index is 935. The lowest BCUT2D eigenvalue weighted by atomic mass is 9.97. The summed E-state index contributed by atoms with van der Waals surface area (Å²) in [5.41, 5.74) is 4.81. The quantitative estimate of drug-likeness (QED) is 0.645. The van der Waals surface area contributed by atoms with Crippen molar-refractivity contribution < 1.29 is 14.3 Å². The molecule has 0 saturated carbocycles. The zero-order valence-electron chi connectivity index (χ0n) is 14.7. The molecule has 3 rings (SSSR count). The highest BCUT2D eigenvalue weighted by atomic mass is 32.1. The van der Waals surface area contributed by atoms with Crippen LogP contribution in [0.25, 0.3) is 10.2 Å². The first-order valence-electron chi connectivity index (χ1n) is 8.47. The molecule has 0 aliphatic heterocycles. The third-order valence-corrected chi connectivity index (χ3v) is 5.07. The summed E-state index contributed by atoms with van der Waals surface area (Å²) in [6.07, 6.45) is 0.974. The molecule has 0 aliphatic carbocycles. The SMILES string of the molecule is CC[C@H](C)c1ccccc1NC(=O)COC(=O)c1ccc2ncsc2c1. The van der Waals surface area contributed by atoms with Crippen molar-refractivity contribution >= 4 is 39.1 Å². The van der Waals surface area contributed by atoms with Crippen molar-refractivity contribution in [3.63, 3.8) is 0 Å². The highest BCUT2D eigenvalue weighted by Crippen LogP contribution is 2.26. The summed E-state index contributed by atoms with van der Waals surface area (Å²) < 4.78 is 6.06. The minimum absolute atomic E-state index is 0.325. The van der Waals surface area contributed by atoms with Crippen LogP contribution in [-0.2, 0) is 9.53 Å². The number of ether oxygens (including phenoxy) is 1. The minimum Gasteiger partial charge on any atom is -0.452 e. The number of amides is 1. The number of fused-ring (bicyclic) bond motifs is 1. The summed E-state index contributed by atoms with van der Waals surface area (Å²) in [6.45, 7) is 3.89. The monoisotopic (exact) mass is 368 g/mol. The van der Waals surface area contributed by atoms with Crippen molar-refractivity contribution in [1.82, 2.24) is 4.98 Å². The van der Waals surface area contributed by atoms with Gasteiger partial charge < -0.3 is 10.1 Å². The number of aromatic nitrogens is 1. The smallest absolute Gasteiger partial charge is 0.338 e. The molecular weight excluding hydrogens is 348 g/mol. The second-order valence-electron chi connectivity index (χ2n) is 6.06. The molecule has 6 heteroatoms. The number of benzene rings is 2. The molecule has 1 heterocycles. The van der Waals surface area contributed by atoms with E-state index in [9.17, 15) is 9.59 Å². The number of thiazole rings is 1. The second kappa shape index (κ2) is 8.10. The normalized spacial score (nSPS) is 11.9. The molecule has 3 aromatic rings. The van der Waals surface area contributed by atoms with E-state index in [1.54, 1.807) is 23.7 Å². The van der Waals surface area contributed by atoms with Crippen molar-refractivity contribution in [2.75, 3.05) is 11.9 Å². The number of hydrogen-bond acceptors (Lipinski definition) is 5. The Morgan fingerprint density at radius 3 is 2.85 bits per heavy atom. The summed E-state index contributed by atoms with van der Waals surface area (Å²) >= 11 is 1.45. The molecule has 1 aromatic heterocycles. The van der Waals surface area contributed by atoms with Crippen molar-refractivity contribution in [2.45, 2.75) is 26.2 Å². The second-order valence-corrected chi connectivity index (χ2v) is 6.94. The number of carbonyl (C=O) groups is 2. The van der Waals surface area contributed by atoms with Crippen LogP contribution in [0.3, 0.4) is 0 Å². The molecule has 0 aliphatic rings. The Morgan fingerprint density at radius 2 is 2.04 bits per heavy atom. The van der Waals surface area contributed by atoms with E-state index in [-0.39, 0.29) is 12.5 Å². The zero-order chi connectivity index (χ0) is 18.5. The highest BCUT2D eigenvalue weighted by molar-refractivity contribution is 7.16. The maximum absolute atomic E-state index is 12.2. The predicted molar refractivity (Wildman–Crippen MR) is 104 cm³/mol. The first-order chi connectivity index (χ1) is 12.6. The van der Waals surface area contributed by atoms with Crippen LogP contribution in [0.2, 0.25) is 0 Å². The highest BCUT2D eigenvalue weighted by Gasteiger charge is 2.14. The first-order valence-corrected chi connectivity index (χ1v) is 9.35. The molecule has 0 spiro atoms. The average Bonchev–Trinajstić information content (AvgIpc) is 3.13. The summed E-state index contributed by atoms with van der Waals surface area (Å²) in [5.74, 6) is -0.543. The van der Waals surface area contributed by atoms with Crippen LogP contribution >= 0.6 is 11.3 Å². The van der Waals surface area contributed by atoms with E-state index >= 15 is 0 Å². The average molecular weight is 368 g/mol. The fraction of sp³-hybridized carbons (Fsp3) is 0.250. The molecule has 26 heavy (non-hydrogen) atoms. The largest absolute Gasteiger partial charge is 0.452 e. The summed E-state index contributed by atoms with van der Waals surface area (Å²) in [4.78, 5) is 28.5. The van der Waals surface area contributed by atoms with Gasteiger partial charge in [0.2, 0.25) is 0 Å². The molecule has 0 radical (unpaired) electrons. The van der Waals surface area contributed by atoms with Gasteiger partial charge >= 0.3 is 5.97 Å². The standard InChI is InChI=1S/C20H20N2O3S/c1-3-13(2)15-6-4-5-7-16(15)22-19(23)11-25-20(24)14-8-9-17-18(10-14)26-12-21-17/h4-10,12-13H,3,11H2,1-2H3,(H,22,23)/t13-/m0/s1. The van der Waals surface area contributed by atoms with E-state index < -0.39 is 5.97 Å². The van der Waals surface area contributed by atoms with E-state index in [0.29, 0.717) is 11.5 Å². The number of esters is 1. The Hall–Kier alpha value is -2.73. The van der Waals surface area contributed by atoms with Gasteiger partial charge in [-0.3, -0.25) is 4.79 Å². The van der Waals surface area contributed by atoms with Crippen LogP contribution in [0.4, 0.5) is 5.69 Å². The molecule has 1 amide bonds. The van der Waals surface area contributed by atoms with Gasteiger partial charge in [-0.25, -0.2) is 9.78 Å². The third-order valence-electron chi connectivity index (χ3n) is 4.28. The fourth-order valence-corrected chi connectivity index (χ4v) is 3.36. The number of anilines is 1. The van der Waals surface area contributed by atoms with Crippen LogP contribution in [0, 0.1) is 0 Å². The fourth-order valence-electron chi connectivity index (χ4n) is 2.64. The van der Waals surface area contributed by atoms with Crippen LogP contribution in [0.15, 0.2) is 48.0 Å². The van der Waals surface area contributed by atoms with Crippen molar-refractivity contribution in [3.8, 4) is 0 Å². The van der Waals surface area contributed by atoms with Gasteiger partial charge in [0.15, 0.2) is 6.61 Å². The van der Waals surface area contributed by atoms with Gasteiger partial charge in [0, 0.05) is 5.69 Å². The van der Waals surface area contributed by atoms with Gasteiger partial charge in [-0.2, -0.15) is 0 Å². The topological polar surface area (TPSA) is 68.3 Å². The number of carbonyl (C=O) groups excluding carboxylic acids is 2. The van der Waals surface area contributed by atoms with Crippen molar-refractivity contribution in [3.05, 3.63) is 59.1 Å². The summed E-state index contributed by atoms with van der Waals surface area (Å²) in [5, 5.41) is 2.83. The lowest BCUT2D eigenvalue weighted by molar-refractivity contribution is -0.119. The lowest BCUT2D eigenvalue weighted by Gasteiger charge is -2.15. The Morgan fingerprint density at radius 1 is 1.23 bits per heavy atom. The molecular formula is C20H20N2O3S. The molecule has 0 fully saturated rings. The zero-order valence-corrected chi connectivity index (χ0v) is 15.5. The van der Waals surface area contributed by atoms with Gasteiger partial charge in [0.1, 0.15) is 0 Å². The maximum atomic E-state index is 12.2. The third kappa shape index (κ3) is 4.08. The number of nitrogens with zero attached hydrogens (tertiary/aromatic N) is 1. The maximum Gasteiger partial charge on any atom is 0.338 e. The van der Waals surface area contributed by atoms with E-state index in [1.165, 1.54) is 11.3 Å². The van der Waals surface area contributed by atoms with E-state index in [0.717, 1.165) is 27.9 Å². The van der Waals surface area contributed by atoms with Gasteiger partial charge in [0.05, 0.1) is 21.3 Å². The minimum atomic E-state index is -0.523. The van der Waals surface area contributed by atoms with Crippen LogP contribution in [0.1, 0.15) is 42.1 Å². The molecule has 0 unspecified atom stereocenters. The molecule has 5 nitrogen and oxygen atoms in total. The summed E-state index contributed by atoms with van der Waals surface area (Å²) in [7, 11) is 0. The van der Waals surface area contributed by atoms with Gasteiger partial charge in [0.25, 0.3) is 5.91 Å². The molecule has 1 atom stereocenters. The van der Waals surface area contributed by atoms with Gasteiger partial charge in [-0.1, -0.05) is 32.0 Å². The van der Waals surface area contributed by atoms with Gasteiger partial charge in [-0.15, -0.1) is 11.3 Å². The number of rotatable bonds is 6. The molecule has 134 valence electrons. The van der Waals surface area contributed by atoms with E-state index in [4.69, 9.17) is 4.74 Å². The van der Waals surface area contributed by atoms with Crippen LogP contribution < -0.4 is 5.32 Å². The van der Waals surface area contributed by atoms with Crippen LogP contribution in [-0.4, -0.2) is 23.5 Å². The Labute approximate surface area is 156 Å². The molecule has 0 saturated heterocycles. The lowest BCUT2D eigenvalue weighted by Crippen LogP contribution is -2.21. The molecule has 0 bridgehead atoms.